The van der Waals surface area contributed by atoms with Gasteiger partial charge in [-0.2, -0.15) is 0 Å². The van der Waals surface area contributed by atoms with Crippen molar-refractivity contribution in [3.8, 4) is 0 Å². The highest BCUT2D eigenvalue weighted by atomic mass is 35.5. The lowest BCUT2D eigenvalue weighted by Gasteiger charge is -2.20. The van der Waals surface area contributed by atoms with E-state index in [2.05, 4.69) is 64.2 Å². The van der Waals surface area contributed by atoms with Gasteiger partial charge in [0.15, 0.2) is 0 Å². The second-order valence-corrected chi connectivity index (χ2v) is 7.99. The Labute approximate surface area is 137 Å². The van der Waals surface area contributed by atoms with Crippen molar-refractivity contribution in [3.63, 3.8) is 0 Å². The third-order valence-corrected chi connectivity index (χ3v) is 5.43. The van der Waals surface area contributed by atoms with Gasteiger partial charge < -0.3 is 5.32 Å². The molecule has 1 aromatic carbocycles. The number of aryl methyl sites for hydroxylation is 1. The maximum Gasteiger partial charge on any atom is 0.0685 e. The monoisotopic (exact) mass is 321 g/mol. The van der Waals surface area contributed by atoms with Crippen molar-refractivity contribution in [2.75, 3.05) is 6.54 Å². The van der Waals surface area contributed by atoms with Crippen molar-refractivity contribution < 1.29 is 0 Å². The summed E-state index contributed by atoms with van der Waals surface area (Å²) in [6.45, 7) is 11.9. The van der Waals surface area contributed by atoms with Crippen LogP contribution in [0.5, 0.6) is 0 Å². The first kappa shape index (κ1) is 16.5. The van der Waals surface area contributed by atoms with Gasteiger partial charge in [-0.3, -0.25) is 0 Å². The van der Waals surface area contributed by atoms with Gasteiger partial charge >= 0.3 is 0 Å². The van der Waals surface area contributed by atoms with Crippen molar-refractivity contribution in [1.82, 2.24) is 5.32 Å². The Kier molecular flexibility index (Phi) is 5.13. The third-order valence-electron chi connectivity index (χ3n) is 3.53. The van der Waals surface area contributed by atoms with Gasteiger partial charge in [0.05, 0.1) is 6.04 Å². The zero-order valence-corrected chi connectivity index (χ0v) is 15.0. The van der Waals surface area contributed by atoms with Crippen molar-refractivity contribution in [3.05, 3.63) is 56.2 Å². The third kappa shape index (κ3) is 3.88. The molecule has 0 amide bonds. The maximum atomic E-state index is 6.47. The molecular formula is C18H24ClNS. The largest absolute Gasteiger partial charge is 0.306 e. The van der Waals surface area contributed by atoms with Gasteiger partial charge in [0.25, 0.3) is 0 Å². The molecule has 0 bridgehead atoms. The molecule has 1 unspecified atom stereocenters. The van der Waals surface area contributed by atoms with Crippen molar-refractivity contribution in [2.45, 2.75) is 46.1 Å². The maximum absolute atomic E-state index is 6.47. The Balaban J connectivity index is 2.41. The van der Waals surface area contributed by atoms with Crippen LogP contribution in [0.25, 0.3) is 0 Å². The van der Waals surface area contributed by atoms with Crippen LogP contribution in [0.1, 0.15) is 54.6 Å². The van der Waals surface area contributed by atoms with Crippen LogP contribution in [0, 0.1) is 6.92 Å². The van der Waals surface area contributed by atoms with Gasteiger partial charge in [-0.25, -0.2) is 0 Å². The predicted octanol–water partition coefficient (Wildman–Crippen LogP) is 5.71. The van der Waals surface area contributed by atoms with Crippen molar-refractivity contribution in [1.29, 1.82) is 0 Å². The number of nitrogens with one attached hydrogen (secondary N) is 1. The van der Waals surface area contributed by atoms with Crippen LogP contribution >= 0.6 is 22.9 Å². The molecule has 0 radical (unpaired) electrons. The number of hydrogen-bond donors (Lipinski definition) is 1. The van der Waals surface area contributed by atoms with Crippen molar-refractivity contribution in [2.24, 2.45) is 0 Å². The van der Waals surface area contributed by atoms with E-state index >= 15 is 0 Å². The summed E-state index contributed by atoms with van der Waals surface area (Å²) >= 11 is 8.35. The smallest absolute Gasteiger partial charge is 0.0685 e. The first-order valence-electron chi connectivity index (χ1n) is 7.42. The Morgan fingerprint density at radius 3 is 2.43 bits per heavy atom. The van der Waals surface area contributed by atoms with Gasteiger partial charge in [-0.1, -0.05) is 51.4 Å². The Morgan fingerprint density at radius 2 is 1.90 bits per heavy atom. The van der Waals surface area contributed by atoms with Gasteiger partial charge in [-0.05, 0) is 48.2 Å². The van der Waals surface area contributed by atoms with Crippen LogP contribution < -0.4 is 5.32 Å². The minimum absolute atomic E-state index is 0.171. The van der Waals surface area contributed by atoms with Crippen LogP contribution in [0.4, 0.5) is 0 Å². The molecule has 0 aliphatic carbocycles. The summed E-state index contributed by atoms with van der Waals surface area (Å²) in [5.41, 5.74) is 2.54. The van der Waals surface area contributed by atoms with E-state index in [0.29, 0.717) is 0 Å². The summed E-state index contributed by atoms with van der Waals surface area (Å²) in [4.78, 5) is 2.73. The molecule has 0 spiro atoms. The van der Waals surface area contributed by atoms with E-state index in [1.807, 2.05) is 17.4 Å². The summed E-state index contributed by atoms with van der Waals surface area (Å²) in [5.74, 6) is 0. The molecule has 2 rings (SSSR count). The van der Waals surface area contributed by atoms with Crippen LogP contribution in [-0.2, 0) is 5.41 Å². The first-order valence-corrected chi connectivity index (χ1v) is 8.62. The fourth-order valence-corrected chi connectivity index (χ4v) is 3.85. The van der Waals surface area contributed by atoms with Gasteiger partial charge in [0.2, 0.25) is 0 Å². The normalized spacial score (nSPS) is 13.4. The molecule has 21 heavy (non-hydrogen) atoms. The highest BCUT2D eigenvalue weighted by Crippen LogP contribution is 2.36. The van der Waals surface area contributed by atoms with Crippen LogP contribution in [0.3, 0.4) is 0 Å². The fraction of sp³-hybridized carbons (Fsp3) is 0.444. The van der Waals surface area contributed by atoms with E-state index < -0.39 is 0 Å². The number of hydrogen-bond acceptors (Lipinski definition) is 2. The molecule has 2 aromatic rings. The molecule has 0 saturated heterocycles. The lowest BCUT2D eigenvalue weighted by Crippen LogP contribution is -2.21. The topological polar surface area (TPSA) is 12.0 Å². The molecule has 0 fully saturated rings. The molecule has 1 heterocycles. The fourth-order valence-electron chi connectivity index (χ4n) is 2.35. The van der Waals surface area contributed by atoms with E-state index in [4.69, 9.17) is 11.6 Å². The Hall–Kier alpha value is -0.830. The SMILES string of the molecule is CCNC(c1ccc(C(C)(C)C)s1)c1ccc(C)cc1Cl. The van der Waals surface area contributed by atoms with E-state index in [9.17, 15) is 0 Å². The molecule has 1 nitrogen and oxygen atoms in total. The zero-order valence-electron chi connectivity index (χ0n) is 13.5. The summed E-state index contributed by atoms with van der Waals surface area (Å²) < 4.78 is 0. The number of thiophene rings is 1. The van der Waals surface area contributed by atoms with Crippen LogP contribution in [-0.4, -0.2) is 6.54 Å². The number of rotatable bonds is 4. The van der Waals surface area contributed by atoms with Crippen molar-refractivity contribution >= 4 is 22.9 Å². The first-order chi connectivity index (χ1) is 9.82. The minimum Gasteiger partial charge on any atom is -0.306 e. The average molecular weight is 322 g/mol. The molecule has 1 N–H and O–H groups in total. The van der Waals surface area contributed by atoms with Gasteiger partial charge in [-0.15, -0.1) is 11.3 Å². The summed E-state index contributed by atoms with van der Waals surface area (Å²) in [7, 11) is 0. The van der Waals surface area contributed by atoms with E-state index in [0.717, 1.165) is 17.1 Å². The summed E-state index contributed by atoms with van der Waals surface area (Å²) in [6, 6.07) is 11.0. The number of halogens is 1. The molecule has 0 saturated carbocycles. The number of benzene rings is 1. The highest BCUT2D eigenvalue weighted by molar-refractivity contribution is 7.12. The van der Waals surface area contributed by atoms with Crippen LogP contribution in [0.15, 0.2) is 30.3 Å². The molecule has 1 aromatic heterocycles. The van der Waals surface area contributed by atoms with Gasteiger partial charge in [0.1, 0.15) is 0 Å². The molecule has 0 aliphatic rings. The average Bonchev–Trinajstić information content (AvgIpc) is 2.86. The van der Waals surface area contributed by atoms with Crippen LogP contribution in [0.2, 0.25) is 5.02 Å². The molecule has 1 atom stereocenters. The highest BCUT2D eigenvalue weighted by Gasteiger charge is 2.21. The lowest BCUT2D eigenvalue weighted by molar-refractivity contribution is 0.604. The second-order valence-electron chi connectivity index (χ2n) is 6.47. The van der Waals surface area contributed by atoms with Gasteiger partial charge in [0, 0.05) is 14.8 Å². The molecular weight excluding hydrogens is 298 g/mol. The zero-order chi connectivity index (χ0) is 15.6. The standard InChI is InChI=1S/C18H24ClNS/c1-6-20-17(13-8-7-12(2)11-14(13)19)15-9-10-16(21-15)18(3,4)5/h7-11,17,20H,6H2,1-5H3. The summed E-state index contributed by atoms with van der Waals surface area (Å²) in [6.07, 6.45) is 0. The Bertz CT molecular complexity index is 610. The van der Waals surface area contributed by atoms with E-state index in [1.165, 1.54) is 15.3 Å². The Morgan fingerprint density at radius 1 is 1.19 bits per heavy atom. The summed E-state index contributed by atoms with van der Waals surface area (Å²) in [5, 5.41) is 4.41. The minimum atomic E-state index is 0.171. The molecule has 3 heteroatoms. The predicted molar refractivity (Wildman–Crippen MR) is 94.7 cm³/mol. The quantitative estimate of drug-likeness (QED) is 0.761. The van der Waals surface area contributed by atoms with E-state index in [1.54, 1.807) is 0 Å². The lowest BCUT2D eigenvalue weighted by atomic mass is 9.95. The molecule has 114 valence electrons. The molecule has 0 aliphatic heterocycles. The second kappa shape index (κ2) is 6.51. The van der Waals surface area contributed by atoms with E-state index in [-0.39, 0.29) is 11.5 Å².